The second kappa shape index (κ2) is 6.15. The van der Waals surface area contributed by atoms with Crippen LogP contribution in [0.15, 0.2) is 0 Å². The van der Waals surface area contributed by atoms with E-state index in [0.29, 0.717) is 0 Å². The standard InChI is InChI=1S/C10H22N2O4/c1-9(2,3)11-4-8(16)12-10(5-13,6-14)7-15/h11,13-15H,4-7H2,1-3H3,(H,12,16). The summed E-state index contributed by atoms with van der Waals surface area (Å²) in [6, 6.07) is 0. The first kappa shape index (κ1) is 15.3. The van der Waals surface area contributed by atoms with Gasteiger partial charge in [-0.25, -0.2) is 0 Å². The lowest BCUT2D eigenvalue weighted by molar-refractivity contribution is -0.124. The highest BCUT2D eigenvalue weighted by molar-refractivity contribution is 5.79. The molecule has 0 aliphatic heterocycles. The Bertz CT molecular complexity index is 213. The molecular formula is C10H22N2O4. The molecule has 0 bridgehead atoms. The first-order chi connectivity index (χ1) is 7.28. The van der Waals surface area contributed by atoms with Gasteiger partial charge in [-0.05, 0) is 20.8 Å². The van der Waals surface area contributed by atoms with Crippen LogP contribution in [0, 0.1) is 0 Å². The normalized spacial score (nSPS) is 12.6. The van der Waals surface area contributed by atoms with E-state index in [0.717, 1.165) is 0 Å². The third-order valence-electron chi connectivity index (χ3n) is 2.09. The molecule has 0 heterocycles. The Balaban J connectivity index is 4.21. The van der Waals surface area contributed by atoms with Crippen LogP contribution in [0.1, 0.15) is 20.8 Å². The monoisotopic (exact) mass is 234 g/mol. The van der Waals surface area contributed by atoms with Crippen molar-refractivity contribution in [3.63, 3.8) is 0 Å². The lowest BCUT2D eigenvalue weighted by Crippen LogP contribution is -2.59. The van der Waals surface area contributed by atoms with Crippen LogP contribution in [0.25, 0.3) is 0 Å². The zero-order valence-electron chi connectivity index (χ0n) is 10.1. The zero-order valence-corrected chi connectivity index (χ0v) is 10.1. The second-order valence-electron chi connectivity index (χ2n) is 4.91. The van der Waals surface area contributed by atoms with Gasteiger partial charge in [-0.2, -0.15) is 0 Å². The lowest BCUT2D eigenvalue weighted by atomic mass is 10.0. The molecule has 0 aromatic heterocycles. The fraction of sp³-hybridized carbons (Fsp3) is 0.900. The Morgan fingerprint density at radius 2 is 1.50 bits per heavy atom. The summed E-state index contributed by atoms with van der Waals surface area (Å²) in [6.07, 6.45) is 0. The molecule has 96 valence electrons. The van der Waals surface area contributed by atoms with E-state index >= 15 is 0 Å². The van der Waals surface area contributed by atoms with Crippen molar-refractivity contribution in [3.8, 4) is 0 Å². The van der Waals surface area contributed by atoms with Gasteiger partial charge in [-0.15, -0.1) is 0 Å². The van der Waals surface area contributed by atoms with Crippen molar-refractivity contribution in [2.45, 2.75) is 31.8 Å². The number of aliphatic hydroxyl groups is 3. The maximum absolute atomic E-state index is 11.5. The molecular weight excluding hydrogens is 212 g/mol. The van der Waals surface area contributed by atoms with Gasteiger partial charge in [0, 0.05) is 5.54 Å². The fourth-order valence-electron chi connectivity index (χ4n) is 0.954. The van der Waals surface area contributed by atoms with E-state index in [9.17, 15) is 4.79 Å². The molecule has 0 unspecified atom stereocenters. The first-order valence-corrected chi connectivity index (χ1v) is 5.17. The molecule has 0 saturated heterocycles. The van der Waals surface area contributed by atoms with E-state index in [2.05, 4.69) is 10.6 Å². The van der Waals surface area contributed by atoms with Gasteiger partial charge in [0.1, 0.15) is 5.54 Å². The van der Waals surface area contributed by atoms with Crippen molar-refractivity contribution < 1.29 is 20.1 Å². The van der Waals surface area contributed by atoms with Crippen LogP contribution >= 0.6 is 0 Å². The van der Waals surface area contributed by atoms with E-state index in [1.54, 1.807) is 0 Å². The molecule has 0 radical (unpaired) electrons. The van der Waals surface area contributed by atoms with Crippen molar-refractivity contribution >= 4 is 5.91 Å². The summed E-state index contributed by atoms with van der Waals surface area (Å²) in [5.41, 5.74) is -1.55. The number of amides is 1. The highest BCUT2D eigenvalue weighted by Crippen LogP contribution is 2.02. The Morgan fingerprint density at radius 1 is 1.06 bits per heavy atom. The lowest BCUT2D eigenvalue weighted by Gasteiger charge is -2.29. The maximum atomic E-state index is 11.5. The Labute approximate surface area is 95.7 Å². The molecule has 0 aliphatic rings. The van der Waals surface area contributed by atoms with E-state index in [1.165, 1.54) is 0 Å². The minimum atomic E-state index is -1.35. The zero-order chi connectivity index (χ0) is 12.8. The van der Waals surface area contributed by atoms with E-state index in [-0.39, 0.29) is 18.0 Å². The second-order valence-corrected chi connectivity index (χ2v) is 4.91. The van der Waals surface area contributed by atoms with Gasteiger partial charge in [0.25, 0.3) is 0 Å². The minimum Gasteiger partial charge on any atom is -0.394 e. The van der Waals surface area contributed by atoms with Crippen molar-refractivity contribution in [2.75, 3.05) is 26.4 Å². The van der Waals surface area contributed by atoms with Crippen LogP contribution < -0.4 is 10.6 Å². The van der Waals surface area contributed by atoms with Gasteiger partial charge in [-0.1, -0.05) is 0 Å². The summed E-state index contributed by atoms with van der Waals surface area (Å²) in [5, 5.41) is 32.4. The fourth-order valence-corrected chi connectivity index (χ4v) is 0.954. The molecule has 5 N–H and O–H groups in total. The van der Waals surface area contributed by atoms with Crippen LogP contribution in [0.5, 0.6) is 0 Å². The third-order valence-corrected chi connectivity index (χ3v) is 2.09. The molecule has 6 nitrogen and oxygen atoms in total. The summed E-state index contributed by atoms with van der Waals surface area (Å²) in [4.78, 5) is 11.5. The van der Waals surface area contributed by atoms with Crippen LogP contribution in [0.3, 0.4) is 0 Å². The highest BCUT2D eigenvalue weighted by atomic mass is 16.3. The molecule has 0 saturated carbocycles. The van der Waals surface area contributed by atoms with Gasteiger partial charge in [-0.3, -0.25) is 4.79 Å². The van der Waals surface area contributed by atoms with Crippen LogP contribution in [-0.2, 0) is 4.79 Å². The molecule has 6 heteroatoms. The predicted molar refractivity (Wildman–Crippen MR) is 59.9 cm³/mol. The third kappa shape index (κ3) is 5.41. The molecule has 0 rings (SSSR count). The van der Waals surface area contributed by atoms with Gasteiger partial charge in [0.15, 0.2) is 0 Å². The van der Waals surface area contributed by atoms with E-state index in [1.807, 2.05) is 20.8 Å². The summed E-state index contributed by atoms with van der Waals surface area (Å²) >= 11 is 0. The van der Waals surface area contributed by atoms with E-state index in [4.69, 9.17) is 15.3 Å². The number of nitrogens with one attached hydrogen (secondary N) is 2. The van der Waals surface area contributed by atoms with Gasteiger partial charge in [0.05, 0.1) is 26.4 Å². The summed E-state index contributed by atoms with van der Waals surface area (Å²) in [6.45, 7) is 4.27. The number of carbonyl (C=O) groups is 1. The number of hydrogen-bond acceptors (Lipinski definition) is 5. The molecule has 0 aromatic carbocycles. The molecule has 16 heavy (non-hydrogen) atoms. The number of carbonyl (C=O) groups excluding carboxylic acids is 1. The Kier molecular flexibility index (Phi) is 5.88. The maximum Gasteiger partial charge on any atom is 0.234 e. The van der Waals surface area contributed by atoms with Crippen molar-refractivity contribution in [2.24, 2.45) is 0 Å². The molecule has 0 fully saturated rings. The number of hydrogen-bond donors (Lipinski definition) is 5. The highest BCUT2D eigenvalue weighted by Gasteiger charge is 2.29. The minimum absolute atomic E-state index is 0.0608. The summed E-state index contributed by atoms with van der Waals surface area (Å²) in [5.74, 6) is -0.382. The Hall–Kier alpha value is -0.690. The van der Waals surface area contributed by atoms with Gasteiger partial charge >= 0.3 is 0 Å². The SMILES string of the molecule is CC(C)(C)NCC(=O)NC(CO)(CO)CO. The van der Waals surface area contributed by atoms with Crippen LogP contribution in [0.2, 0.25) is 0 Å². The van der Waals surface area contributed by atoms with Gasteiger partial charge < -0.3 is 26.0 Å². The van der Waals surface area contributed by atoms with Gasteiger partial charge in [0.2, 0.25) is 5.91 Å². The smallest absolute Gasteiger partial charge is 0.234 e. The largest absolute Gasteiger partial charge is 0.394 e. The first-order valence-electron chi connectivity index (χ1n) is 5.17. The van der Waals surface area contributed by atoms with Crippen LogP contribution in [-0.4, -0.2) is 58.7 Å². The molecule has 0 aromatic rings. The van der Waals surface area contributed by atoms with Crippen molar-refractivity contribution in [1.82, 2.24) is 10.6 Å². The number of rotatable bonds is 6. The average molecular weight is 234 g/mol. The molecule has 0 spiro atoms. The quantitative estimate of drug-likeness (QED) is 0.373. The van der Waals surface area contributed by atoms with Crippen molar-refractivity contribution in [1.29, 1.82) is 0 Å². The molecule has 0 atom stereocenters. The number of aliphatic hydroxyl groups excluding tert-OH is 3. The topological polar surface area (TPSA) is 102 Å². The summed E-state index contributed by atoms with van der Waals surface area (Å²) in [7, 11) is 0. The van der Waals surface area contributed by atoms with Crippen LogP contribution in [0.4, 0.5) is 0 Å². The average Bonchev–Trinajstić information content (AvgIpc) is 2.22. The van der Waals surface area contributed by atoms with E-state index < -0.39 is 25.4 Å². The molecule has 1 amide bonds. The predicted octanol–water partition coefficient (Wildman–Crippen LogP) is -1.79. The summed E-state index contributed by atoms with van der Waals surface area (Å²) < 4.78 is 0. The van der Waals surface area contributed by atoms with Crippen molar-refractivity contribution in [3.05, 3.63) is 0 Å². The Morgan fingerprint density at radius 3 is 1.81 bits per heavy atom. The molecule has 0 aliphatic carbocycles.